The number of aromatic amines is 1. The number of hydrogen-bond donors (Lipinski definition) is 2. The maximum absolute atomic E-state index is 13.9. The van der Waals surface area contributed by atoms with Gasteiger partial charge in [0, 0.05) is 24.2 Å². The van der Waals surface area contributed by atoms with Gasteiger partial charge in [0.25, 0.3) is 0 Å². The number of H-pyrrole nitrogens is 1. The zero-order chi connectivity index (χ0) is 24.9. The van der Waals surface area contributed by atoms with Crippen LogP contribution in [0.4, 0.5) is 4.39 Å². The van der Waals surface area contributed by atoms with Crippen molar-refractivity contribution in [2.24, 2.45) is 0 Å². The number of fused-ring (bicyclic) bond motifs is 2. The van der Waals surface area contributed by atoms with E-state index in [1.165, 1.54) is 17.7 Å². The van der Waals surface area contributed by atoms with Crippen molar-refractivity contribution in [2.75, 3.05) is 13.2 Å². The van der Waals surface area contributed by atoms with Crippen molar-refractivity contribution in [2.45, 2.75) is 52.6 Å². The second-order valence-corrected chi connectivity index (χ2v) is 9.12. The molecule has 2 N–H and O–H groups in total. The van der Waals surface area contributed by atoms with Crippen molar-refractivity contribution in [1.29, 1.82) is 0 Å². The predicted octanol–water partition coefficient (Wildman–Crippen LogP) is 6.07. The minimum atomic E-state index is -0.308. The summed E-state index contributed by atoms with van der Waals surface area (Å²) in [5.74, 6) is 0.251. The molecule has 1 saturated heterocycles. The molecule has 3 aromatic rings. The Balaban J connectivity index is 0.000000917. The van der Waals surface area contributed by atoms with Crippen LogP contribution in [0.3, 0.4) is 0 Å². The van der Waals surface area contributed by atoms with E-state index >= 15 is 0 Å². The van der Waals surface area contributed by atoms with E-state index in [1.807, 2.05) is 29.7 Å². The number of rotatable bonds is 4. The molecule has 2 aromatic carbocycles. The Morgan fingerprint density at radius 2 is 2.06 bits per heavy atom. The molecule has 5 nitrogen and oxygen atoms in total. The highest BCUT2D eigenvalue weighted by molar-refractivity contribution is 5.95. The average Bonchev–Trinajstić information content (AvgIpc) is 3.43. The highest BCUT2D eigenvalue weighted by Gasteiger charge is 2.20. The summed E-state index contributed by atoms with van der Waals surface area (Å²) >= 11 is 0. The van der Waals surface area contributed by atoms with Crippen LogP contribution in [0.5, 0.6) is 5.75 Å². The van der Waals surface area contributed by atoms with Gasteiger partial charge in [-0.15, -0.1) is 6.58 Å². The molecule has 0 saturated carbocycles. The van der Waals surface area contributed by atoms with Gasteiger partial charge >= 0.3 is 5.69 Å². The highest BCUT2D eigenvalue weighted by Crippen LogP contribution is 2.39. The number of ether oxygens (including phenoxy) is 1. The SMILES string of the molecule is C=CC.CCC1=C(C)COc2cc(F)ccc2/C1=C/c1ccc2c(c1)[nH]c(=O)n2CC1CCCN1. The van der Waals surface area contributed by atoms with Crippen molar-refractivity contribution in [1.82, 2.24) is 14.9 Å². The van der Waals surface area contributed by atoms with E-state index in [2.05, 4.69) is 36.8 Å². The van der Waals surface area contributed by atoms with E-state index < -0.39 is 0 Å². The van der Waals surface area contributed by atoms with Gasteiger partial charge in [0.15, 0.2) is 0 Å². The molecule has 0 bridgehead atoms. The third-order valence-corrected chi connectivity index (χ3v) is 6.55. The molecule has 0 spiro atoms. The number of nitrogens with zero attached hydrogens (tertiary/aromatic N) is 1. The first-order valence-corrected chi connectivity index (χ1v) is 12.3. The van der Waals surface area contributed by atoms with Crippen molar-refractivity contribution in [3.05, 3.63) is 87.6 Å². The van der Waals surface area contributed by atoms with Crippen LogP contribution in [-0.4, -0.2) is 28.7 Å². The van der Waals surface area contributed by atoms with Crippen molar-refractivity contribution in [3.63, 3.8) is 0 Å². The summed E-state index contributed by atoms with van der Waals surface area (Å²) in [5, 5.41) is 3.46. The summed E-state index contributed by atoms with van der Waals surface area (Å²) < 4.78 is 21.6. The van der Waals surface area contributed by atoms with Gasteiger partial charge in [-0.05, 0) is 92.3 Å². The summed E-state index contributed by atoms with van der Waals surface area (Å²) in [7, 11) is 0. The number of hydrogen-bond acceptors (Lipinski definition) is 3. The predicted molar refractivity (Wildman–Crippen MR) is 142 cm³/mol. The van der Waals surface area contributed by atoms with Crippen LogP contribution in [0, 0.1) is 5.82 Å². The second-order valence-electron chi connectivity index (χ2n) is 9.12. The quantitative estimate of drug-likeness (QED) is 0.450. The zero-order valence-corrected chi connectivity index (χ0v) is 20.8. The molecule has 1 atom stereocenters. The minimum Gasteiger partial charge on any atom is -0.488 e. The van der Waals surface area contributed by atoms with Gasteiger partial charge < -0.3 is 15.0 Å². The Kier molecular flexibility index (Phi) is 7.71. The number of nitrogens with one attached hydrogen (secondary N) is 2. The van der Waals surface area contributed by atoms with E-state index in [9.17, 15) is 9.18 Å². The molecule has 3 heterocycles. The molecule has 2 aliphatic heterocycles. The molecule has 1 fully saturated rings. The zero-order valence-electron chi connectivity index (χ0n) is 20.8. The van der Waals surface area contributed by atoms with Crippen molar-refractivity contribution >= 4 is 22.7 Å². The average molecular weight is 476 g/mol. The van der Waals surface area contributed by atoms with E-state index in [4.69, 9.17) is 4.74 Å². The van der Waals surface area contributed by atoms with Crippen LogP contribution in [0.25, 0.3) is 22.7 Å². The molecule has 2 aliphatic rings. The third kappa shape index (κ3) is 5.33. The first kappa shape index (κ1) is 24.7. The Morgan fingerprint density at radius 1 is 1.26 bits per heavy atom. The summed E-state index contributed by atoms with van der Waals surface area (Å²) in [5.41, 5.74) is 6.91. The molecule has 0 aliphatic carbocycles. The van der Waals surface area contributed by atoms with Gasteiger partial charge in [0.1, 0.15) is 18.2 Å². The molecular formula is C29H34FN3O2. The Bertz CT molecular complexity index is 1340. The van der Waals surface area contributed by atoms with Crippen LogP contribution in [-0.2, 0) is 6.54 Å². The lowest BCUT2D eigenvalue weighted by Gasteiger charge is -2.13. The number of allylic oxidation sites excluding steroid dienone is 3. The second kappa shape index (κ2) is 10.9. The monoisotopic (exact) mass is 475 g/mol. The largest absolute Gasteiger partial charge is 0.488 e. The maximum atomic E-state index is 13.9. The summed E-state index contributed by atoms with van der Waals surface area (Å²) in [6, 6.07) is 11.1. The smallest absolute Gasteiger partial charge is 0.326 e. The minimum absolute atomic E-state index is 0.0767. The van der Waals surface area contributed by atoms with Crippen LogP contribution in [0.15, 0.2) is 65.0 Å². The topological polar surface area (TPSA) is 59.1 Å². The first-order chi connectivity index (χ1) is 16.9. The Labute approximate surface area is 206 Å². The number of halogens is 1. The van der Waals surface area contributed by atoms with Crippen LogP contribution >= 0.6 is 0 Å². The van der Waals surface area contributed by atoms with Crippen LogP contribution in [0.2, 0.25) is 0 Å². The normalized spacial score (nSPS) is 18.6. The molecule has 0 radical (unpaired) electrons. The van der Waals surface area contributed by atoms with Gasteiger partial charge in [0.05, 0.1) is 11.0 Å². The number of imidazole rings is 1. The van der Waals surface area contributed by atoms with E-state index in [0.717, 1.165) is 59.1 Å². The van der Waals surface area contributed by atoms with Gasteiger partial charge in [-0.1, -0.05) is 19.1 Å². The van der Waals surface area contributed by atoms with Crippen LogP contribution < -0.4 is 15.7 Å². The Hall–Kier alpha value is -3.38. The van der Waals surface area contributed by atoms with Crippen molar-refractivity contribution < 1.29 is 9.13 Å². The molecule has 184 valence electrons. The number of benzene rings is 2. The highest BCUT2D eigenvalue weighted by atomic mass is 19.1. The van der Waals surface area contributed by atoms with E-state index in [1.54, 1.807) is 12.1 Å². The van der Waals surface area contributed by atoms with Gasteiger partial charge in [-0.2, -0.15) is 0 Å². The molecule has 35 heavy (non-hydrogen) atoms. The lowest BCUT2D eigenvalue weighted by atomic mass is 9.91. The first-order valence-electron chi connectivity index (χ1n) is 12.3. The molecule has 0 amide bonds. The molecule has 1 aromatic heterocycles. The fraction of sp³-hybridized carbons (Fsp3) is 0.345. The van der Waals surface area contributed by atoms with Gasteiger partial charge in [-0.25, -0.2) is 9.18 Å². The van der Waals surface area contributed by atoms with E-state index in [0.29, 0.717) is 24.9 Å². The fourth-order valence-corrected chi connectivity index (χ4v) is 4.91. The lowest BCUT2D eigenvalue weighted by molar-refractivity contribution is 0.350. The standard InChI is InChI=1S/C26H28FN3O2.C3H6/c1-3-20-16(2)15-32-25-13-18(27)7-8-21(25)22(20)11-17-6-9-24-23(12-17)29-26(31)30(24)14-19-5-4-10-28-19;1-3-2/h6-9,11-13,19,28H,3-5,10,14-15H2,1-2H3,(H,29,31);3H,1H2,2H3/b22-11+;. The summed E-state index contributed by atoms with van der Waals surface area (Å²) in [6.07, 6.45) is 6.96. The van der Waals surface area contributed by atoms with Crippen molar-refractivity contribution in [3.8, 4) is 5.75 Å². The summed E-state index contributed by atoms with van der Waals surface area (Å²) in [4.78, 5) is 15.6. The number of aromatic nitrogens is 2. The van der Waals surface area contributed by atoms with E-state index in [-0.39, 0.29) is 11.5 Å². The van der Waals surface area contributed by atoms with Gasteiger partial charge in [-0.3, -0.25) is 4.57 Å². The third-order valence-electron chi connectivity index (χ3n) is 6.55. The molecular weight excluding hydrogens is 441 g/mol. The molecule has 5 rings (SSSR count). The lowest BCUT2D eigenvalue weighted by Crippen LogP contribution is -2.31. The van der Waals surface area contributed by atoms with Crippen LogP contribution in [0.1, 0.15) is 51.2 Å². The molecule has 1 unspecified atom stereocenters. The Morgan fingerprint density at radius 3 is 2.77 bits per heavy atom. The molecule has 6 heteroatoms. The maximum Gasteiger partial charge on any atom is 0.326 e. The fourth-order valence-electron chi connectivity index (χ4n) is 4.91. The van der Waals surface area contributed by atoms with Gasteiger partial charge in [0.2, 0.25) is 0 Å². The summed E-state index contributed by atoms with van der Waals surface area (Å²) in [6.45, 7) is 11.6.